The standard InChI is InChI=1S/C13H17FN2S/c1-3-5-10(4-2)16-12-8-9(14)6-7-11(12)15-13(16)17/h6-8,10H,3-5H2,1-2H3,(H,15,17). The maximum absolute atomic E-state index is 13.3. The molecule has 17 heavy (non-hydrogen) atoms. The van der Waals surface area contributed by atoms with Crippen molar-refractivity contribution in [2.45, 2.75) is 39.2 Å². The summed E-state index contributed by atoms with van der Waals surface area (Å²) in [6.45, 7) is 4.29. The number of aromatic nitrogens is 2. The third kappa shape index (κ3) is 2.27. The van der Waals surface area contributed by atoms with Crippen LogP contribution in [0, 0.1) is 10.6 Å². The number of hydrogen-bond acceptors (Lipinski definition) is 1. The molecule has 0 radical (unpaired) electrons. The first-order chi connectivity index (χ1) is 8.17. The monoisotopic (exact) mass is 252 g/mol. The van der Waals surface area contributed by atoms with Gasteiger partial charge in [0.25, 0.3) is 0 Å². The van der Waals surface area contributed by atoms with Gasteiger partial charge in [0.05, 0.1) is 11.0 Å². The molecule has 0 aliphatic carbocycles. The summed E-state index contributed by atoms with van der Waals surface area (Å²) in [7, 11) is 0. The summed E-state index contributed by atoms with van der Waals surface area (Å²) in [5.41, 5.74) is 1.78. The average Bonchev–Trinajstić information content (AvgIpc) is 2.62. The molecule has 4 heteroatoms. The second kappa shape index (κ2) is 5.00. The summed E-state index contributed by atoms with van der Waals surface area (Å²) in [4.78, 5) is 3.14. The van der Waals surface area contributed by atoms with Crippen molar-refractivity contribution < 1.29 is 4.39 Å². The van der Waals surface area contributed by atoms with Crippen LogP contribution in [-0.2, 0) is 0 Å². The van der Waals surface area contributed by atoms with E-state index >= 15 is 0 Å². The lowest BCUT2D eigenvalue weighted by Crippen LogP contribution is -2.07. The van der Waals surface area contributed by atoms with Crippen LogP contribution in [0.3, 0.4) is 0 Å². The molecule has 2 nitrogen and oxygen atoms in total. The summed E-state index contributed by atoms with van der Waals surface area (Å²) < 4.78 is 16.1. The van der Waals surface area contributed by atoms with Gasteiger partial charge in [-0.3, -0.25) is 0 Å². The Labute approximate surface area is 105 Å². The number of hydrogen-bond donors (Lipinski definition) is 1. The zero-order valence-electron chi connectivity index (χ0n) is 10.2. The largest absolute Gasteiger partial charge is 0.331 e. The smallest absolute Gasteiger partial charge is 0.178 e. The van der Waals surface area contributed by atoms with E-state index in [1.54, 1.807) is 12.1 Å². The van der Waals surface area contributed by atoms with E-state index in [9.17, 15) is 4.39 Å². The maximum atomic E-state index is 13.3. The summed E-state index contributed by atoms with van der Waals surface area (Å²) in [5, 5.41) is 0. The van der Waals surface area contributed by atoms with Crippen LogP contribution < -0.4 is 0 Å². The predicted molar refractivity (Wildman–Crippen MR) is 71.3 cm³/mol. The predicted octanol–water partition coefficient (Wildman–Crippen LogP) is 4.59. The molecule has 0 bridgehead atoms. The third-order valence-corrected chi connectivity index (χ3v) is 3.44. The van der Waals surface area contributed by atoms with Gasteiger partial charge in [0, 0.05) is 6.04 Å². The van der Waals surface area contributed by atoms with Gasteiger partial charge >= 0.3 is 0 Å². The number of nitrogens with one attached hydrogen (secondary N) is 1. The van der Waals surface area contributed by atoms with Gasteiger partial charge in [0.2, 0.25) is 0 Å². The van der Waals surface area contributed by atoms with Crippen LogP contribution in [-0.4, -0.2) is 9.55 Å². The van der Waals surface area contributed by atoms with Gasteiger partial charge in [-0.15, -0.1) is 0 Å². The number of nitrogens with zero attached hydrogens (tertiary/aromatic N) is 1. The summed E-state index contributed by atoms with van der Waals surface area (Å²) in [6.07, 6.45) is 3.17. The fourth-order valence-electron chi connectivity index (χ4n) is 2.31. The van der Waals surface area contributed by atoms with Crippen molar-refractivity contribution in [1.82, 2.24) is 9.55 Å². The van der Waals surface area contributed by atoms with E-state index < -0.39 is 0 Å². The van der Waals surface area contributed by atoms with Crippen LogP contribution in [0.2, 0.25) is 0 Å². The molecule has 2 rings (SSSR count). The molecule has 0 aliphatic rings. The quantitative estimate of drug-likeness (QED) is 0.789. The minimum absolute atomic E-state index is 0.216. The molecule has 1 aromatic heterocycles. The van der Waals surface area contributed by atoms with Gasteiger partial charge in [-0.05, 0) is 43.3 Å². The Balaban J connectivity index is 2.62. The number of benzene rings is 1. The molecule has 1 atom stereocenters. The van der Waals surface area contributed by atoms with E-state index in [4.69, 9.17) is 12.2 Å². The van der Waals surface area contributed by atoms with Crippen LogP contribution in [0.15, 0.2) is 18.2 Å². The van der Waals surface area contributed by atoms with Crippen molar-refractivity contribution in [3.8, 4) is 0 Å². The SMILES string of the molecule is CCCC(CC)n1c(=S)[nH]c2ccc(F)cc21. The van der Waals surface area contributed by atoms with Gasteiger partial charge in [-0.1, -0.05) is 20.3 Å². The Kier molecular flexibility index (Phi) is 3.62. The van der Waals surface area contributed by atoms with Gasteiger partial charge in [-0.25, -0.2) is 4.39 Å². The number of H-pyrrole nitrogens is 1. The first kappa shape index (κ1) is 12.3. The van der Waals surface area contributed by atoms with E-state index in [1.165, 1.54) is 6.07 Å². The maximum Gasteiger partial charge on any atom is 0.178 e. The van der Waals surface area contributed by atoms with Crippen molar-refractivity contribution in [2.75, 3.05) is 0 Å². The van der Waals surface area contributed by atoms with Crippen LogP contribution in [0.5, 0.6) is 0 Å². The van der Waals surface area contributed by atoms with Crippen LogP contribution >= 0.6 is 12.2 Å². The molecule has 0 saturated carbocycles. The summed E-state index contributed by atoms with van der Waals surface area (Å²) >= 11 is 5.34. The second-order valence-corrected chi connectivity index (χ2v) is 4.70. The van der Waals surface area contributed by atoms with Crippen molar-refractivity contribution in [2.24, 2.45) is 0 Å². The summed E-state index contributed by atoms with van der Waals surface area (Å²) in [6, 6.07) is 5.11. The molecule has 1 aromatic carbocycles. The van der Waals surface area contributed by atoms with Crippen molar-refractivity contribution >= 4 is 23.3 Å². The molecule has 0 fully saturated rings. The van der Waals surface area contributed by atoms with Crippen LogP contribution in [0.4, 0.5) is 4.39 Å². The number of imidazole rings is 1. The Bertz CT molecular complexity index is 570. The average molecular weight is 252 g/mol. The molecule has 0 aliphatic heterocycles. The minimum Gasteiger partial charge on any atom is -0.331 e. The van der Waals surface area contributed by atoms with E-state index in [0.717, 1.165) is 30.3 Å². The van der Waals surface area contributed by atoms with E-state index in [0.29, 0.717) is 10.8 Å². The minimum atomic E-state index is -0.216. The third-order valence-electron chi connectivity index (χ3n) is 3.14. The van der Waals surface area contributed by atoms with E-state index in [1.807, 2.05) is 0 Å². The molecule has 0 saturated heterocycles. The molecular weight excluding hydrogens is 235 g/mol. The normalized spacial score (nSPS) is 13.1. The molecule has 2 aromatic rings. The number of rotatable bonds is 4. The first-order valence-electron chi connectivity index (χ1n) is 6.07. The van der Waals surface area contributed by atoms with Gasteiger partial charge in [-0.2, -0.15) is 0 Å². The molecule has 1 N–H and O–H groups in total. The van der Waals surface area contributed by atoms with Crippen molar-refractivity contribution in [3.05, 3.63) is 28.8 Å². The topological polar surface area (TPSA) is 20.7 Å². The Hall–Kier alpha value is -1.16. The van der Waals surface area contributed by atoms with Crippen LogP contribution in [0.1, 0.15) is 39.2 Å². The van der Waals surface area contributed by atoms with Gasteiger partial charge in [0.1, 0.15) is 5.82 Å². The molecule has 1 unspecified atom stereocenters. The molecule has 92 valence electrons. The highest BCUT2D eigenvalue weighted by Crippen LogP contribution is 2.25. The molecule has 1 heterocycles. The zero-order chi connectivity index (χ0) is 12.4. The second-order valence-electron chi connectivity index (χ2n) is 4.31. The fraction of sp³-hybridized carbons (Fsp3) is 0.462. The number of halogens is 1. The van der Waals surface area contributed by atoms with Gasteiger partial charge < -0.3 is 9.55 Å². The summed E-state index contributed by atoms with van der Waals surface area (Å²) in [5.74, 6) is -0.216. The Morgan fingerprint density at radius 2 is 2.18 bits per heavy atom. The van der Waals surface area contributed by atoms with E-state index in [2.05, 4.69) is 23.4 Å². The lowest BCUT2D eigenvalue weighted by molar-refractivity contribution is 0.453. The van der Waals surface area contributed by atoms with Crippen LogP contribution in [0.25, 0.3) is 11.0 Å². The zero-order valence-corrected chi connectivity index (χ0v) is 11.0. The highest BCUT2D eigenvalue weighted by atomic mass is 32.1. The first-order valence-corrected chi connectivity index (χ1v) is 6.48. The lowest BCUT2D eigenvalue weighted by Gasteiger charge is -2.16. The Morgan fingerprint density at radius 1 is 1.41 bits per heavy atom. The van der Waals surface area contributed by atoms with Gasteiger partial charge in [0.15, 0.2) is 4.77 Å². The van der Waals surface area contributed by atoms with Crippen molar-refractivity contribution in [3.63, 3.8) is 0 Å². The lowest BCUT2D eigenvalue weighted by atomic mass is 10.1. The Morgan fingerprint density at radius 3 is 2.82 bits per heavy atom. The molecule has 0 amide bonds. The van der Waals surface area contributed by atoms with Crippen molar-refractivity contribution in [1.29, 1.82) is 0 Å². The number of fused-ring (bicyclic) bond motifs is 1. The molecular formula is C13H17FN2S. The number of aromatic amines is 1. The van der Waals surface area contributed by atoms with E-state index in [-0.39, 0.29) is 5.82 Å². The fourth-order valence-corrected chi connectivity index (χ4v) is 2.66. The molecule has 0 spiro atoms. The highest BCUT2D eigenvalue weighted by molar-refractivity contribution is 7.71. The highest BCUT2D eigenvalue weighted by Gasteiger charge is 2.13.